The second-order valence-electron chi connectivity index (χ2n) is 5.89. The Morgan fingerprint density at radius 1 is 1.32 bits per heavy atom. The van der Waals surface area contributed by atoms with Crippen molar-refractivity contribution >= 4 is 5.91 Å². The Hall–Kier alpha value is -3.07. The van der Waals surface area contributed by atoms with Gasteiger partial charge in [-0.25, -0.2) is 4.98 Å². The maximum absolute atomic E-state index is 12.5. The molecule has 1 amide bonds. The molecule has 0 radical (unpaired) electrons. The molecule has 1 unspecified atom stereocenters. The van der Waals surface area contributed by atoms with Gasteiger partial charge in [-0.3, -0.25) is 9.89 Å². The van der Waals surface area contributed by atoms with Crippen LogP contribution in [0, 0.1) is 5.92 Å². The fourth-order valence-electron chi connectivity index (χ4n) is 2.30. The molecule has 0 aliphatic carbocycles. The maximum atomic E-state index is 12.5. The van der Waals surface area contributed by atoms with Crippen LogP contribution < -0.4 is 11.1 Å². The van der Waals surface area contributed by atoms with Gasteiger partial charge >= 0.3 is 0 Å². The number of nitrogens with two attached hydrogens (primary N) is 1. The lowest BCUT2D eigenvalue weighted by atomic mass is 10.0. The van der Waals surface area contributed by atoms with Gasteiger partial charge in [0.25, 0.3) is 5.91 Å². The highest BCUT2D eigenvalue weighted by Gasteiger charge is 2.25. The lowest BCUT2D eigenvalue weighted by Gasteiger charge is -2.18. The normalized spacial score (nSPS) is 12.3. The second kappa shape index (κ2) is 7.22. The number of hydrogen-bond acceptors (Lipinski definition) is 7. The fourth-order valence-corrected chi connectivity index (χ4v) is 2.30. The number of carbonyl (C=O) groups is 1. The van der Waals surface area contributed by atoms with Crippen LogP contribution in [0.15, 0.2) is 35.1 Å². The number of carbonyl (C=O) groups excluding carboxylic acids is 1. The Labute approximate surface area is 144 Å². The summed E-state index contributed by atoms with van der Waals surface area (Å²) in [6.45, 7) is 4.35. The van der Waals surface area contributed by atoms with E-state index in [-0.39, 0.29) is 11.8 Å². The zero-order chi connectivity index (χ0) is 17.8. The number of nitrogens with zero attached hydrogens (tertiary/aromatic N) is 4. The first kappa shape index (κ1) is 16.8. The second-order valence-corrected chi connectivity index (χ2v) is 5.89. The van der Waals surface area contributed by atoms with Crippen molar-refractivity contribution in [1.29, 1.82) is 0 Å². The predicted molar refractivity (Wildman–Crippen MR) is 89.1 cm³/mol. The van der Waals surface area contributed by atoms with Crippen LogP contribution in [-0.2, 0) is 6.54 Å². The van der Waals surface area contributed by atoms with Gasteiger partial charge < -0.3 is 15.6 Å². The molecule has 0 aliphatic rings. The van der Waals surface area contributed by atoms with Crippen molar-refractivity contribution in [1.82, 2.24) is 30.6 Å². The summed E-state index contributed by atoms with van der Waals surface area (Å²) in [5, 5.41) is 13.2. The summed E-state index contributed by atoms with van der Waals surface area (Å²) in [5.41, 5.74) is 7.08. The van der Waals surface area contributed by atoms with Crippen LogP contribution in [0.2, 0.25) is 0 Å². The highest BCUT2D eigenvalue weighted by atomic mass is 16.5. The molecular weight excluding hydrogens is 322 g/mol. The van der Waals surface area contributed by atoms with Crippen molar-refractivity contribution in [2.24, 2.45) is 11.7 Å². The van der Waals surface area contributed by atoms with Gasteiger partial charge in [0.2, 0.25) is 11.7 Å². The first-order chi connectivity index (χ1) is 12.1. The van der Waals surface area contributed by atoms with Crippen LogP contribution in [-0.4, -0.2) is 31.2 Å². The molecule has 3 aromatic rings. The van der Waals surface area contributed by atoms with E-state index < -0.39 is 6.04 Å². The predicted octanol–water partition coefficient (Wildman–Crippen LogP) is 1.44. The van der Waals surface area contributed by atoms with Crippen LogP contribution in [0.25, 0.3) is 11.6 Å². The molecule has 130 valence electrons. The van der Waals surface area contributed by atoms with E-state index in [0.29, 0.717) is 29.6 Å². The Bertz CT molecular complexity index is 825. The van der Waals surface area contributed by atoms with Crippen LogP contribution >= 0.6 is 0 Å². The number of hydrogen-bond donors (Lipinski definition) is 3. The highest BCUT2D eigenvalue weighted by Crippen LogP contribution is 2.22. The summed E-state index contributed by atoms with van der Waals surface area (Å²) < 4.78 is 5.31. The monoisotopic (exact) mass is 341 g/mol. The van der Waals surface area contributed by atoms with Crippen LogP contribution in [0.4, 0.5) is 0 Å². The number of benzene rings is 1. The number of rotatable bonds is 6. The third-order valence-corrected chi connectivity index (χ3v) is 3.74. The van der Waals surface area contributed by atoms with E-state index >= 15 is 0 Å². The molecule has 1 aromatic carbocycles. The molecule has 2 aromatic heterocycles. The summed E-state index contributed by atoms with van der Waals surface area (Å²) in [4.78, 5) is 20.8. The van der Waals surface area contributed by atoms with Crippen LogP contribution in [0.5, 0.6) is 0 Å². The number of aromatic amines is 1. The van der Waals surface area contributed by atoms with Crippen molar-refractivity contribution in [3.8, 4) is 11.6 Å². The summed E-state index contributed by atoms with van der Waals surface area (Å²) in [6.07, 6.45) is 1.36. The number of H-pyrrole nitrogens is 1. The van der Waals surface area contributed by atoms with Gasteiger partial charge in [-0.05, 0) is 23.6 Å². The third-order valence-electron chi connectivity index (χ3n) is 3.74. The van der Waals surface area contributed by atoms with Gasteiger partial charge in [0.05, 0.1) is 0 Å². The zero-order valence-electron chi connectivity index (χ0n) is 13.9. The van der Waals surface area contributed by atoms with Crippen molar-refractivity contribution < 1.29 is 9.32 Å². The molecule has 9 nitrogen and oxygen atoms in total. The molecule has 9 heteroatoms. The molecule has 0 spiro atoms. The van der Waals surface area contributed by atoms with Crippen molar-refractivity contribution in [2.45, 2.75) is 26.4 Å². The van der Waals surface area contributed by atoms with E-state index in [1.54, 1.807) is 12.1 Å². The molecule has 0 bridgehead atoms. The third kappa shape index (κ3) is 3.72. The summed E-state index contributed by atoms with van der Waals surface area (Å²) in [7, 11) is 0. The molecule has 0 saturated carbocycles. The molecule has 2 heterocycles. The standard InChI is InChI=1S/C16H19N7O2/c1-9(2)12(16-21-14(23-25-16)13-18-8-19-22-13)20-15(24)11-5-3-10(7-17)4-6-11/h3-6,8-9,12H,7,17H2,1-2H3,(H,20,24)(H,18,19,22). The highest BCUT2D eigenvalue weighted by molar-refractivity contribution is 5.94. The number of nitrogens with one attached hydrogen (secondary N) is 2. The molecule has 3 rings (SSSR count). The fraction of sp³-hybridized carbons (Fsp3) is 0.312. The molecule has 0 fully saturated rings. The average molecular weight is 341 g/mol. The van der Waals surface area contributed by atoms with Gasteiger partial charge in [0, 0.05) is 12.1 Å². The molecule has 25 heavy (non-hydrogen) atoms. The molecular formula is C16H19N7O2. The van der Waals surface area contributed by atoms with Crippen molar-refractivity contribution in [3.63, 3.8) is 0 Å². The molecule has 4 N–H and O–H groups in total. The van der Waals surface area contributed by atoms with E-state index in [1.807, 2.05) is 26.0 Å². The van der Waals surface area contributed by atoms with E-state index in [2.05, 4.69) is 30.6 Å². The minimum atomic E-state index is -0.425. The lowest BCUT2D eigenvalue weighted by Crippen LogP contribution is -2.32. The summed E-state index contributed by atoms with van der Waals surface area (Å²) in [5.74, 6) is 0.839. The largest absolute Gasteiger partial charge is 0.340 e. The molecule has 1 atom stereocenters. The molecule has 0 aliphatic heterocycles. The van der Waals surface area contributed by atoms with E-state index in [1.165, 1.54) is 6.33 Å². The minimum absolute atomic E-state index is 0.0512. The average Bonchev–Trinajstić information content (AvgIpc) is 3.30. The topological polar surface area (TPSA) is 136 Å². The Balaban J connectivity index is 1.78. The lowest BCUT2D eigenvalue weighted by molar-refractivity contribution is 0.0914. The smallest absolute Gasteiger partial charge is 0.251 e. The number of aromatic nitrogens is 5. The quantitative estimate of drug-likeness (QED) is 0.617. The van der Waals surface area contributed by atoms with Crippen LogP contribution in [0.1, 0.15) is 41.7 Å². The van der Waals surface area contributed by atoms with Gasteiger partial charge in [0.1, 0.15) is 12.4 Å². The zero-order valence-corrected chi connectivity index (χ0v) is 13.9. The van der Waals surface area contributed by atoms with Gasteiger partial charge in [-0.15, -0.1) is 0 Å². The first-order valence-corrected chi connectivity index (χ1v) is 7.87. The van der Waals surface area contributed by atoms with E-state index in [0.717, 1.165) is 5.56 Å². The Kier molecular flexibility index (Phi) is 4.85. The Morgan fingerprint density at radius 3 is 2.68 bits per heavy atom. The van der Waals surface area contributed by atoms with Crippen LogP contribution in [0.3, 0.4) is 0 Å². The Morgan fingerprint density at radius 2 is 2.08 bits per heavy atom. The van der Waals surface area contributed by atoms with Crippen molar-refractivity contribution in [2.75, 3.05) is 0 Å². The number of amides is 1. The van der Waals surface area contributed by atoms with Gasteiger partial charge in [-0.1, -0.05) is 31.1 Å². The van der Waals surface area contributed by atoms with E-state index in [9.17, 15) is 4.79 Å². The van der Waals surface area contributed by atoms with E-state index in [4.69, 9.17) is 10.3 Å². The summed E-state index contributed by atoms with van der Waals surface area (Å²) in [6, 6.07) is 6.71. The first-order valence-electron chi connectivity index (χ1n) is 7.87. The molecule has 0 saturated heterocycles. The maximum Gasteiger partial charge on any atom is 0.251 e. The summed E-state index contributed by atoms with van der Waals surface area (Å²) >= 11 is 0. The van der Waals surface area contributed by atoms with Crippen molar-refractivity contribution in [3.05, 3.63) is 47.6 Å². The SMILES string of the molecule is CC(C)C(NC(=O)c1ccc(CN)cc1)c1nc(-c2ncn[nH]2)no1. The van der Waals surface area contributed by atoms with Gasteiger partial charge in [-0.2, -0.15) is 10.1 Å². The van der Waals surface area contributed by atoms with Gasteiger partial charge in [0.15, 0.2) is 5.82 Å². The minimum Gasteiger partial charge on any atom is -0.340 e.